The van der Waals surface area contributed by atoms with E-state index in [0.717, 1.165) is 36.1 Å². The summed E-state index contributed by atoms with van der Waals surface area (Å²) in [6.07, 6.45) is 2.39. The maximum Gasteiger partial charge on any atom is 0.250 e. The van der Waals surface area contributed by atoms with Crippen LogP contribution >= 0.6 is 22.9 Å². The van der Waals surface area contributed by atoms with Crippen LogP contribution in [0, 0.1) is 0 Å². The number of amides is 1. The van der Waals surface area contributed by atoms with E-state index in [-0.39, 0.29) is 0 Å². The predicted molar refractivity (Wildman–Crippen MR) is 106 cm³/mol. The van der Waals surface area contributed by atoms with Crippen LogP contribution in [0.5, 0.6) is 11.6 Å². The molecule has 0 saturated heterocycles. The number of primary amides is 1. The van der Waals surface area contributed by atoms with Crippen LogP contribution in [0.2, 0.25) is 4.34 Å². The minimum Gasteiger partial charge on any atom is -0.439 e. The summed E-state index contributed by atoms with van der Waals surface area (Å²) in [5.74, 6) is 0.677. The van der Waals surface area contributed by atoms with Crippen LogP contribution in [0.15, 0.2) is 48.7 Å². The largest absolute Gasteiger partial charge is 0.439 e. The Bertz CT molecular complexity index is 972. The van der Waals surface area contributed by atoms with E-state index in [1.165, 1.54) is 22.2 Å². The van der Waals surface area contributed by atoms with Gasteiger partial charge in [0.05, 0.1) is 9.90 Å². The van der Waals surface area contributed by atoms with Gasteiger partial charge in [-0.15, -0.1) is 11.3 Å². The molecule has 1 aromatic carbocycles. The van der Waals surface area contributed by atoms with Crippen molar-refractivity contribution in [3.8, 4) is 11.6 Å². The molecule has 4 rings (SSSR count). The lowest BCUT2D eigenvalue weighted by Crippen LogP contribution is -2.29. The molecule has 0 atom stereocenters. The summed E-state index contributed by atoms with van der Waals surface area (Å²) >= 11 is 7.66. The zero-order valence-electron chi connectivity index (χ0n) is 14.5. The molecule has 1 amide bonds. The molecular formula is C20H18ClN3O2S. The Morgan fingerprint density at radius 1 is 1.22 bits per heavy atom. The lowest BCUT2D eigenvalue weighted by atomic mass is 9.99. The van der Waals surface area contributed by atoms with E-state index in [0.29, 0.717) is 11.4 Å². The number of halogens is 1. The van der Waals surface area contributed by atoms with Crippen LogP contribution in [0.3, 0.4) is 0 Å². The minimum atomic E-state index is -0.503. The average molecular weight is 400 g/mol. The van der Waals surface area contributed by atoms with Crippen molar-refractivity contribution in [2.75, 3.05) is 6.54 Å². The number of carbonyl (C=O) groups is 1. The lowest BCUT2D eigenvalue weighted by molar-refractivity contribution is 0.1000. The first-order chi connectivity index (χ1) is 13.1. The highest BCUT2D eigenvalue weighted by Crippen LogP contribution is 2.29. The predicted octanol–water partition coefficient (Wildman–Crippen LogP) is 4.25. The van der Waals surface area contributed by atoms with Gasteiger partial charge < -0.3 is 10.5 Å². The zero-order valence-corrected chi connectivity index (χ0v) is 16.1. The quantitative estimate of drug-likeness (QED) is 0.696. The number of fused-ring (bicyclic) bond motifs is 1. The summed E-state index contributed by atoms with van der Waals surface area (Å²) in [5, 5.41) is 0. The Morgan fingerprint density at radius 3 is 2.81 bits per heavy atom. The van der Waals surface area contributed by atoms with Crippen LogP contribution < -0.4 is 10.5 Å². The fourth-order valence-electron chi connectivity index (χ4n) is 3.15. The number of ether oxygens (including phenoxy) is 1. The van der Waals surface area contributed by atoms with Crippen molar-refractivity contribution in [2.24, 2.45) is 5.73 Å². The minimum absolute atomic E-state index is 0.361. The van der Waals surface area contributed by atoms with Crippen molar-refractivity contribution in [1.82, 2.24) is 9.88 Å². The van der Waals surface area contributed by atoms with Gasteiger partial charge in [-0.1, -0.05) is 17.7 Å². The number of hydrogen-bond acceptors (Lipinski definition) is 5. The summed E-state index contributed by atoms with van der Waals surface area (Å²) in [6.45, 7) is 2.83. The Morgan fingerprint density at radius 2 is 2.11 bits per heavy atom. The molecule has 5 nitrogen and oxygen atoms in total. The van der Waals surface area contributed by atoms with Gasteiger partial charge in [-0.25, -0.2) is 4.98 Å². The van der Waals surface area contributed by atoms with Crippen molar-refractivity contribution < 1.29 is 9.53 Å². The van der Waals surface area contributed by atoms with E-state index in [2.05, 4.69) is 28.1 Å². The summed E-state index contributed by atoms with van der Waals surface area (Å²) < 4.78 is 6.65. The summed E-state index contributed by atoms with van der Waals surface area (Å²) in [4.78, 5) is 18.9. The Balaban J connectivity index is 1.43. The van der Waals surface area contributed by atoms with E-state index in [9.17, 15) is 4.79 Å². The number of rotatable bonds is 5. The number of pyridine rings is 1. The van der Waals surface area contributed by atoms with Gasteiger partial charge in [0, 0.05) is 36.8 Å². The fraction of sp³-hybridized carbons (Fsp3) is 0.200. The molecule has 0 aliphatic carbocycles. The van der Waals surface area contributed by atoms with Gasteiger partial charge >= 0.3 is 0 Å². The average Bonchev–Trinajstić information content (AvgIpc) is 3.07. The zero-order chi connectivity index (χ0) is 18.8. The third kappa shape index (κ3) is 4.30. The number of aromatic nitrogens is 1. The van der Waals surface area contributed by atoms with E-state index in [4.69, 9.17) is 22.1 Å². The summed E-state index contributed by atoms with van der Waals surface area (Å²) in [6, 6.07) is 13.4. The van der Waals surface area contributed by atoms with E-state index in [1.54, 1.807) is 23.5 Å². The smallest absolute Gasteiger partial charge is 0.250 e. The highest BCUT2D eigenvalue weighted by Gasteiger charge is 2.18. The van der Waals surface area contributed by atoms with Gasteiger partial charge in [0.15, 0.2) is 0 Å². The molecule has 0 unspecified atom stereocenters. The van der Waals surface area contributed by atoms with Crippen molar-refractivity contribution in [1.29, 1.82) is 0 Å². The summed E-state index contributed by atoms with van der Waals surface area (Å²) in [7, 11) is 0. The van der Waals surface area contributed by atoms with E-state index >= 15 is 0 Å². The van der Waals surface area contributed by atoms with Crippen molar-refractivity contribution in [3.05, 3.63) is 74.6 Å². The lowest BCUT2D eigenvalue weighted by Gasteiger charge is -2.28. The van der Waals surface area contributed by atoms with Crippen LogP contribution in [0.4, 0.5) is 0 Å². The topological polar surface area (TPSA) is 68.5 Å². The second-order valence-electron chi connectivity index (χ2n) is 6.45. The second kappa shape index (κ2) is 7.68. The third-order valence-electron chi connectivity index (χ3n) is 4.52. The van der Waals surface area contributed by atoms with Gasteiger partial charge in [0.1, 0.15) is 5.75 Å². The molecule has 27 heavy (non-hydrogen) atoms. The molecule has 0 fully saturated rings. The molecule has 2 N–H and O–H groups in total. The number of nitrogens with zero attached hydrogens (tertiary/aromatic N) is 2. The molecule has 3 aromatic rings. The van der Waals surface area contributed by atoms with Crippen LogP contribution in [-0.2, 0) is 19.5 Å². The Hall–Kier alpha value is -2.41. The number of benzene rings is 1. The van der Waals surface area contributed by atoms with Gasteiger partial charge in [-0.3, -0.25) is 9.69 Å². The number of hydrogen-bond donors (Lipinski definition) is 1. The van der Waals surface area contributed by atoms with Crippen molar-refractivity contribution >= 4 is 28.8 Å². The number of carbonyl (C=O) groups excluding carboxylic acids is 1. The van der Waals surface area contributed by atoms with Gasteiger partial charge in [-0.2, -0.15) is 0 Å². The maximum atomic E-state index is 11.1. The number of thiophene rings is 1. The molecule has 3 heterocycles. The van der Waals surface area contributed by atoms with Gasteiger partial charge in [0.2, 0.25) is 11.8 Å². The first-order valence-electron chi connectivity index (χ1n) is 8.59. The van der Waals surface area contributed by atoms with Crippen molar-refractivity contribution in [2.45, 2.75) is 19.5 Å². The highest BCUT2D eigenvalue weighted by molar-refractivity contribution is 7.16. The molecule has 1 aliphatic rings. The Kier molecular flexibility index (Phi) is 5.11. The summed E-state index contributed by atoms with van der Waals surface area (Å²) in [5.41, 5.74) is 8.19. The first-order valence-corrected chi connectivity index (χ1v) is 9.78. The van der Waals surface area contributed by atoms with Crippen LogP contribution in [0.25, 0.3) is 0 Å². The standard InChI is InChI=1S/C20H18ClN3O2S/c21-18-5-4-17(27-18)12-24-8-7-13-9-16(3-1-15(13)11-24)26-19-6-2-14(10-23-19)20(22)25/h1-6,9-10H,7-8,11-12H2,(H2,22,25). The monoisotopic (exact) mass is 399 g/mol. The molecule has 1 aliphatic heterocycles. The second-order valence-corrected chi connectivity index (χ2v) is 8.25. The molecule has 0 bridgehead atoms. The van der Waals surface area contributed by atoms with E-state index in [1.807, 2.05) is 12.1 Å². The fourth-order valence-corrected chi connectivity index (χ4v) is 4.28. The van der Waals surface area contributed by atoms with E-state index < -0.39 is 5.91 Å². The molecule has 2 aromatic heterocycles. The highest BCUT2D eigenvalue weighted by atomic mass is 35.5. The van der Waals surface area contributed by atoms with Crippen LogP contribution in [-0.4, -0.2) is 22.3 Å². The van der Waals surface area contributed by atoms with Crippen molar-refractivity contribution in [3.63, 3.8) is 0 Å². The maximum absolute atomic E-state index is 11.1. The van der Waals surface area contributed by atoms with Gasteiger partial charge in [0.25, 0.3) is 0 Å². The first kappa shape index (κ1) is 18.0. The Labute approximate surface area is 166 Å². The molecule has 7 heteroatoms. The normalized spacial score (nSPS) is 14.0. The molecule has 0 spiro atoms. The molecule has 0 saturated carbocycles. The SMILES string of the molecule is NC(=O)c1ccc(Oc2ccc3c(c2)CCN(Cc2ccc(Cl)s2)C3)nc1. The third-order valence-corrected chi connectivity index (χ3v) is 5.74. The number of nitrogens with two attached hydrogens (primary N) is 1. The van der Waals surface area contributed by atoms with Crippen LogP contribution in [0.1, 0.15) is 26.4 Å². The van der Waals surface area contributed by atoms with Gasteiger partial charge in [-0.05, 0) is 47.9 Å². The molecular weight excluding hydrogens is 382 g/mol. The molecule has 138 valence electrons. The molecule has 0 radical (unpaired) electrons.